The molecule has 0 saturated heterocycles. The summed E-state index contributed by atoms with van der Waals surface area (Å²) >= 11 is 11.5. The minimum Gasteiger partial charge on any atom is -0.304 e. The number of nitrogens with zero attached hydrogens (tertiary/aromatic N) is 1. The first-order valence-electron chi connectivity index (χ1n) is 6.15. The lowest BCUT2D eigenvalue weighted by Crippen LogP contribution is -2.22. The second kappa shape index (κ2) is 6.35. The Morgan fingerprint density at radius 2 is 2.16 bits per heavy atom. The highest BCUT2D eigenvalue weighted by molar-refractivity contribution is 9.10. The first kappa shape index (κ1) is 15.0. The Morgan fingerprint density at radius 3 is 2.68 bits per heavy atom. The quantitative estimate of drug-likeness (QED) is 0.842. The third-order valence-corrected chi connectivity index (χ3v) is 4.93. The Balaban J connectivity index is 2.44. The lowest BCUT2D eigenvalue weighted by atomic mass is 10.1. The van der Waals surface area contributed by atoms with Crippen molar-refractivity contribution in [3.05, 3.63) is 48.8 Å². The van der Waals surface area contributed by atoms with Crippen LogP contribution in [0.2, 0.25) is 5.02 Å². The van der Waals surface area contributed by atoms with Gasteiger partial charge in [-0.2, -0.15) is 0 Å². The summed E-state index contributed by atoms with van der Waals surface area (Å²) in [5, 5.41) is 5.29. The van der Waals surface area contributed by atoms with Gasteiger partial charge in [0.15, 0.2) is 0 Å². The summed E-state index contributed by atoms with van der Waals surface area (Å²) in [5.41, 5.74) is 2.16. The Morgan fingerprint density at radius 1 is 1.42 bits per heavy atom. The second-order valence-corrected chi connectivity index (χ2v) is 6.91. The van der Waals surface area contributed by atoms with Gasteiger partial charge in [-0.1, -0.05) is 40.5 Å². The van der Waals surface area contributed by atoms with Gasteiger partial charge in [0.1, 0.15) is 5.01 Å². The van der Waals surface area contributed by atoms with Crippen LogP contribution in [-0.4, -0.2) is 11.5 Å². The standard InChI is InChI=1S/C14H16BrClN2S/c1-4-17-13(14-18-8(2)9(3)19-14)11-6-5-10(15)7-12(11)16/h5-7,13,17H,4H2,1-3H3. The van der Waals surface area contributed by atoms with E-state index in [1.807, 2.05) is 25.1 Å². The molecule has 0 amide bonds. The molecule has 2 rings (SSSR count). The lowest BCUT2D eigenvalue weighted by Gasteiger charge is -2.17. The summed E-state index contributed by atoms with van der Waals surface area (Å²) < 4.78 is 0.989. The van der Waals surface area contributed by atoms with Crippen molar-refractivity contribution < 1.29 is 0 Å². The van der Waals surface area contributed by atoms with E-state index in [1.54, 1.807) is 11.3 Å². The molecule has 0 aliphatic heterocycles. The van der Waals surface area contributed by atoms with E-state index in [0.717, 1.165) is 32.3 Å². The monoisotopic (exact) mass is 358 g/mol. The summed E-state index contributed by atoms with van der Waals surface area (Å²) in [6, 6.07) is 6.04. The van der Waals surface area contributed by atoms with E-state index < -0.39 is 0 Å². The van der Waals surface area contributed by atoms with Crippen LogP contribution >= 0.6 is 38.9 Å². The highest BCUT2D eigenvalue weighted by atomic mass is 79.9. The fraction of sp³-hybridized carbons (Fsp3) is 0.357. The van der Waals surface area contributed by atoms with Gasteiger partial charge in [-0.15, -0.1) is 11.3 Å². The fourth-order valence-corrected chi connectivity index (χ4v) is 3.69. The van der Waals surface area contributed by atoms with Gasteiger partial charge in [0.25, 0.3) is 0 Å². The van der Waals surface area contributed by atoms with Gasteiger partial charge >= 0.3 is 0 Å². The van der Waals surface area contributed by atoms with Gasteiger partial charge in [-0.25, -0.2) is 4.98 Å². The van der Waals surface area contributed by atoms with Crippen molar-refractivity contribution in [1.82, 2.24) is 10.3 Å². The Kier molecular flexibility index (Phi) is 5.01. The first-order valence-corrected chi connectivity index (χ1v) is 8.14. The van der Waals surface area contributed by atoms with Crippen LogP contribution < -0.4 is 5.32 Å². The lowest BCUT2D eigenvalue weighted by molar-refractivity contribution is 0.626. The molecular formula is C14H16BrClN2S. The number of aromatic nitrogens is 1. The summed E-state index contributed by atoms with van der Waals surface area (Å²) in [5.74, 6) is 0. The van der Waals surface area contributed by atoms with Crippen LogP contribution in [0.25, 0.3) is 0 Å². The minimum absolute atomic E-state index is 0.0583. The van der Waals surface area contributed by atoms with Crippen molar-refractivity contribution in [3.63, 3.8) is 0 Å². The number of nitrogens with one attached hydrogen (secondary N) is 1. The average Bonchev–Trinajstić information content (AvgIpc) is 2.67. The van der Waals surface area contributed by atoms with Crippen LogP contribution in [0, 0.1) is 13.8 Å². The highest BCUT2D eigenvalue weighted by Crippen LogP contribution is 2.33. The second-order valence-electron chi connectivity index (χ2n) is 4.35. The van der Waals surface area contributed by atoms with E-state index in [4.69, 9.17) is 11.6 Å². The van der Waals surface area contributed by atoms with Crippen molar-refractivity contribution in [1.29, 1.82) is 0 Å². The summed E-state index contributed by atoms with van der Waals surface area (Å²) in [7, 11) is 0. The molecule has 0 bridgehead atoms. The van der Waals surface area contributed by atoms with E-state index in [1.165, 1.54) is 4.88 Å². The minimum atomic E-state index is 0.0583. The topological polar surface area (TPSA) is 24.9 Å². The maximum Gasteiger partial charge on any atom is 0.115 e. The van der Waals surface area contributed by atoms with Gasteiger partial charge in [-0.3, -0.25) is 0 Å². The van der Waals surface area contributed by atoms with Crippen LogP contribution in [0.4, 0.5) is 0 Å². The number of halogens is 2. The van der Waals surface area contributed by atoms with Crippen molar-refractivity contribution in [2.45, 2.75) is 26.8 Å². The Labute approximate surface area is 131 Å². The first-order chi connectivity index (χ1) is 9.02. The molecule has 1 atom stereocenters. The van der Waals surface area contributed by atoms with Crippen LogP contribution in [0.5, 0.6) is 0 Å². The zero-order chi connectivity index (χ0) is 14.0. The molecule has 1 heterocycles. The molecule has 0 aliphatic carbocycles. The zero-order valence-electron chi connectivity index (χ0n) is 11.1. The summed E-state index contributed by atoms with van der Waals surface area (Å²) in [6.07, 6.45) is 0. The van der Waals surface area contributed by atoms with Crippen molar-refractivity contribution in [3.8, 4) is 0 Å². The van der Waals surface area contributed by atoms with E-state index in [-0.39, 0.29) is 6.04 Å². The van der Waals surface area contributed by atoms with Crippen molar-refractivity contribution in [2.75, 3.05) is 6.54 Å². The molecule has 0 spiro atoms. The normalized spacial score (nSPS) is 12.7. The fourth-order valence-electron chi connectivity index (χ4n) is 1.89. The smallest absolute Gasteiger partial charge is 0.115 e. The number of hydrogen-bond acceptors (Lipinski definition) is 3. The summed E-state index contributed by atoms with van der Waals surface area (Å²) in [6.45, 7) is 7.10. The van der Waals surface area contributed by atoms with E-state index >= 15 is 0 Å². The number of hydrogen-bond donors (Lipinski definition) is 1. The molecule has 0 radical (unpaired) electrons. The molecule has 2 aromatic rings. The van der Waals surface area contributed by atoms with Gasteiger partial charge in [0.05, 0.1) is 11.7 Å². The van der Waals surface area contributed by atoms with Crippen LogP contribution in [-0.2, 0) is 0 Å². The van der Waals surface area contributed by atoms with E-state index in [9.17, 15) is 0 Å². The zero-order valence-corrected chi connectivity index (χ0v) is 14.3. The molecule has 0 saturated carbocycles. The third kappa shape index (κ3) is 3.37. The Bertz CT molecular complexity index is 563. The van der Waals surface area contributed by atoms with Gasteiger partial charge in [-0.05, 0) is 38.1 Å². The average molecular weight is 360 g/mol. The largest absolute Gasteiger partial charge is 0.304 e. The molecule has 5 heteroatoms. The van der Waals surface area contributed by atoms with Crippen LogP contribution in [0.1, 0.15) is 34.1 Å². The SMILES string of the molecule is CCNC(c1nc(C)c(C)s1)c1ccc(Br)cc1Cl. The molecule has 0 fully saturated rings. The Hall–Kier alpha value is -0.420. The van der Waals surface area contributed by atoms with Gasteiger partial charge in [0.2, 0.25) is 0 Å². The highest BCUT2D eigenvalue weighted by Gasteiger charge is 2.20. The maximum absolute atomic E-state index is 6.36. The number of thiazole rings is 1. The maximum atomic E-state index is 6.36. The predicted octanol–water partition coefficient (Wildman–Crippen LogP) is 4.87. The summed E-state index contributed by atoms with van der Waals surface area (Å²) in [4.78, 5) is 5.91. The third-order valence-electron chi connectivity index (χ3n) is 2.97. The molecule has 0 aliphatic rings. The van der Waals surface area contributed by atoms with Crippen molar-refractivity contribution >= 4 is 38.9 Å². The van der Waals surface area contributed by atoms with E-state index in [2.05, 4.69) is 40.1 Å². The molecule has 1 aromatic heterocycles. The van der Waals surface area contributed by atoms with Crippen LogP contribution in [0.3, 0.4) is 0 Å². The molecule has 1 unspecified atom stereocenters. The van der Waals surface area contributed by atoms with Crippen molar-refractivity contribution in [2.24, 2.45) is 0 Å². The van der Waals surface area contributed by atoms with Gasteiger partial charge < -0.3 is 5.32 Å². The number of aryl methyl sites for hydroxylation is 2. The molecular weight excluding hydrogens is 344 g/mol. The molecule has 19 heavy (non-hydrogen) atoms. The molecule has 1 N–H and O–H groups in total. The number of benzene rings is 1. The molecule has 102 valence electrons. The predicted molar refractivity (Wildman–Crippen MR) is 86.3 cm³/mol. The number of rotatable bonds is 4. The molecule has 1 aromatic carbocycles. The molecule has 2 nitrogen and oxygen atoms in total. The van der Waals surface area contributed by atoms with Gasteiger partial charge in [0, 0.05) is 14.4 Å². The van der Waals surface area contributed by atoms with Crippen LogP contribution in [0.15, 0.2) is 22.7 Å². The van der Waals surface area contributed by atoms with E-state index in [0.29, 0.717) is 0 Å².